The van der Waals surface area contributed by atoms with Gasteiger partial charge in [0, 0.05) is 11.3 Å². The average molecular weight is 459 g/mol. The molecule has 1 aliphatic heterocycles. The summed E-state index contributed by atoms with van der Waals surface area (Å²) in [6.07, 6.45) is 0. The monoisotopic (exact) mass is 459 g/mol. The van der Waals surface area contributed by atoms with Crippen LogP contribution < -0.4 is 4.90 Å². The summed E-state index contributed by atoms with van der Waals surface area (Å²) in [6, 6.07) is 15.7. The molecule has 1 atom stereocenters. The van der Waals surface area contributed by atoms with Gasteiger partial charge in [-0.25, -0.2) is 9.59 Å². The summed E-state index contributed by atoms with van der Waals surface area (Å²) in [5.41, 5.74) is -0.166. The summed E-state index contributed by atoms with van der Waals surface area (Å²) in [4.78, 5) is 50.0. The Bertz CT molecular complexity index is 1360. The quantitative estimate of drug-likeness (QED) is 0.257. The highest BCUT2D eigenvalue weighted by molar-refractivity contribution is 6.51. The predicted octanol–water partition coefficient (Wildman–Crippen LogP) is 3.41. The maximum atomic E-state index is 13.1. The van der Waals surface area contributed by atoms with Gasteiger partial charge in [0.05, 0.1) is 17.2 Å². The van der Waals surface area contributed by atoms with E-state index in [4.69, 9.17) is 0 Å². The van der Waals surface area contributed by atoms with Gasteiger partial charge in [0.25, 0.3) is 11.7 Å². The van der Waals surface area contributed by atoms with Crippen molar-refractivity contribution in [3.63, 3.8) is 0 Å². The van der Waals surface area contributed by atoms with Gasteiger partial charge in [-0.3, -0.25) is 14.5 Å². The number of carbonyl (C=O) groups excluding carboxylic acids is 2. The third-order valence-corrected chi connectivity index (χ3v) is 5.45. The molecule has 0 aromatic heterocycles. The minimum absolute atomic E-state index is 0.00303. The average Bonchev–Trinajstić information content (AvgIpc) is 3.10. The molecule has 1 amide bonds. The molecule has 3 aromatic carbocycles. The first-order valence-corrected chi connectivity index (χ1v) is 9.96. The van der Waals surface area contributed by atoms with E-state index in [-0.39, 0.29) is 22.4 Å². The number of carboxylic acid groups (broad SMARTS) is 2. The summed E-state index contributed by atoms with van der Waals surface area (Å²) in [7, 11) is 0. The lowest BCUT2D eigenvalue weighted by Crippen LogP contribution is -2.29. The number of nitrogens with zero attached hydrogens (tertiary/aromatic N) is 1. The zero-order valence-corrected chi connectivity index (χ0v) is 17.4. The maximum Gasteiger partial charge on any atom is 0.339 e. The first-order chi connectivity index (χ1) is 16.2. The lowest BCUT2D eigenvalue weighted by Gasteiger charge is -2.26. The molecule has 34 heavy (non-hydrogen) atoms. The number of aliphatic hydroxyl groups is 1. The molecule has 1 saturated heterocycles. The van der Waals surface area contributed by atoms with Gasteiger partial charge in [0.1, 0.15) is 17.1 Å². The lowest BCUT2D eigenvalue weighted by molar-refractivity contribution is -0.132. The first kappa shape index (κ1) is 22.3. The lowest BCUT2D eigenvalue weighted by atomic mass is 9.94. The van der Waals surface area contributed by atoms with Crippen LogP contribution in [0.4, 0.5) is 5.69 Å². The third-order valence-electron chi connectivity index (χ3n) is 5.45. The molecule has 1 unspecified atom stereocenters. The van der Waals surface area contributed by atoms with Gasteiger partial charge in [0.15, 0.2) is 0 Å². The fourth-order valence-corrected chi connectivity index (χ4v) is 3.82. The number of hydrogen-bond donors (Lipinski definition) is 4. The fourth-order valence-electron chi connectivity index (χ4n) is 3.82. The van der Waals surface area contributed by atoms with E-state index in [1.807, 2.05) is 0 Å². The number of benzene rings is 3. The van der Waals surface area contributed by atoms with Crippen LogP contribution >= 0.6 is 0 Å². The van der Waals surface area contributed by atoms with Gasteiger partial charge in [0.2, 0.25) is 0 Å². The molecule has 9 heteroatoms. The number of rotatable bonds is 5. The number of carboxylic acids is 2. The van der Waals surface area contributed by atoms with Crippen molar-refractivity contribution >= 4 is 35.1 Å². The topological polar surface area (TPSA) is 152 Å². The van der Waals surface area contributed by atoms with Crippen LogP contribution in [-0.4, -0.2) is 44.1 Å². The van der Waals surface area contributed by atoms with Crippen LogP contribution in [0.3, 0.4) is 0 Å². The molecular weight excluding hydrogens is 442 g/mol. The number of aromatic carboxylic acids is 2. The molecule has 1 aliphatic rings. The summed E-state index contributed by atoms with van der Waals surface area (Å²) in [5, 5.41) is 39.4. The molecule has 0 aliphatic carbocycles. The Kier molecular flexibility index (Phi) is 5.60. The van der Waals surface area contributed by atoms with Gasteiger partial charge >= 0.3 is 11.9 Å². The number of phenols is 1. The van der Waals surface area contributed by atoms with Crippen LogP contribution in [0.5, 0.6) is 5.75 Å². The van der Waals surface area contributed by atoms with E-state index in [0.717, 1.165) is 17.0 Å². The normalized spacial score (nSPS) is 17.1. The highest BCUT2D eigenvalue weighted by atomic mass is 16.4. The molecular formula is C25H17NO8. The second-order valence-electron chi connectivity index (χ2n) is 7.47. The minimum atomic E-state index is -1.44. The molecule has 9 nitrogen and oxygen atoms in total. The van der Waals surface area contributed by atoms with Crippen LogP contribution in [0.1, 0.15) is 37.9 Å². The summed E-state index contributed by atoms with van der Waals surface area (Å²) in [5.74, 6) is -5.60. The Morgan fingerprint density at radius 1 is 0.765 bits per heavy atom. The second-order valence-corrected chi connectivity index (χ2v) is 7.47. The number of carbonyl (C=O) groups is 4. The van der Waals surface area contributed by atoms with Crippen LogP contribution in [0.2, 0.25) is 0 Å². The van der Waals surface area contributed by atoms with Crippen molar-refractivity contribution in [1.82, 2.24) is 0 Å². The van der Waals surface area contributed by atoms with E-state index in [0.29, 0.717) is 5.56 Å². The van der Waals surface area contributed by atoms with Gasteiger partial charge < -0.3 is 20.4 Å². The number of aromatic hydroxyl groups is 1. The van der Waals surface area contributed by atoms with Gasteiger partial charge in [-0.1, -0.05) is 42.5 Å². The van der Waals surface area contributed by atoms with Gasteiger partial charge in [-0.05, 0) is 35.9 Å². The van der Waals surface area contributed by atoms with Crippen molar-refractivity contribution in [2.45, 2.75) is 6.04 Å². The molecule has 0 bridgehead atoms. The van der Waals surface area contributed by atoms with E-state index in [1.165, 1.54) is 30.3 Å². The van der Waals surface area contributed by atoms with E-state index >= 15 is 0 Å². The zero-order chi connectivity index (χ0) is 24.6. The third kappa shape index (κ3) is 3.75. The molecule has 4 N–H and O–H groups in total. The Morgan fingerprint density at radius 2 is 1.41 bits per heavy atom. The molecule has 0 saturated carbocycles. The van der Waals surface area contributed by atoms with E-state index in [9.17, 15) is 39.6 Å². The first-order valence-electron chi connectivity index (χ1n) is 9.96. The molecule has 3 aromatic rings. The second kappa shape index (κ2) is 8.55. The van der Waals surface area contributed by atoms with Crippen molar-refractivity contribution < 1.29 is 39.6 Å². The number of aliphatic hydroxyl groups excluding tert-OH is 1. The van der Waals surface area contributed by atoms with E-state index in [1.54, 1.807) is 30.3 Å². The van der Waals surface area contributed by atoms with Gasteiger partial charge in [-0.2, -0.15) is 0 Å². The summed E-state index contributed by atoms with van der Waals surface area (Å²) >= 11 is 0. The molecule has 170 valence electrons. The van der Waals surface area contributed by atoms with E-state index < -0.39 is 46.7 Å². The van der Waals surface area contributed by atoms with Crippen molar-refractivity contribution in [2.75, 3.05) is 4.90 Å². The van der Waals surface area contributed by atoms with Crippen molar-refractivity contribution in [3.05, 3.63) is 101 Å². The van der Waals surface area contributed by atoms with Crippen molar-refractivity contribution in [2.24, 2.45) is 0 Å². The summed E-state index contributed by atoms with van der Waals surface area (Å²) < 4.78 is 0. The number of Topliss-reactive ketones (excluding diaryl/α,β-unsaturated/α-hetero) is 1. The highest BCUT2D eigenvalue weighted by Gasteiger charge is 2.47. The highest BCUT2D eigenvalue weighted by Crippen LogP contribution is 2.43. The largest absolute Gasteiger partial charge is 0.507 e. The molecule has 1 heterocycles. The Morgan fingerprint density at radius 3 is 2.00 bits per heavy atom. The van der Waals surface area contributed by atoms with Crippen molar-refractivity contribution in [3.8, 4) is 5.75 Å². The van der Waals surface area contributed by atoms with Crippen molar-refractivity contribution in [1.29, 1.82) is 0 Å². The number of ketones is 1. The number of hydrogen-bond acceptors (Lipinski definition) is 6. The summed E-state index contributed by atoms with van der Waals surface area (Å²) in [6.45, 7) is 0. The molecule has 1 fully saturated rings. The van der Waals surface area contributed by atoms with E-state index in [2.05, 4.69) is 0 Å². The SMILES string of the molecule is O=C1C(=O)N(c2ccc(O)c(C(=O)O)c2)C(c2ccc(C(=O)O)cc2)/C1=C(\O)c1ccccc1. The van der Waals surface area contributed by atoms with Crippen LogP contribution in [0, 0.1) is 0 Å². The van der Waals surface area contributed by atoms with Crippen LogP contribution in [-0.2, 0) is 9.59 Å². The number of anilines is 1. The smallest absolute Gasteiger partial charge is 0.339 e. The van der Waals surface area contributed by atoms with Gasteiger partial charge in [-0.15, -0.1) is 0 Å². The molecule has 0 spiro atoms. The standard InChI is InChI=1S/C25H17NO8/c27-18-11-10-16(12-17(18)25(33)34)26-20(13-6-8-15(9-7-13)24(31)32)19(22(29)23(26)30)21(28)14-4-2-1-3-5-14/h1-12,20,27-28H,(H,31,32)(H,33,34)/b21-19+. The Balaban J connectivity index is 1.96. The Labute approximate surface area is 192 Å². The maximum absolute atomic E-state index is 13.1. The predicted molar refractivity (Wildman–Crippen MR) is 120 cm³/mol. The number of amides is 1. The fraction of sp³-hybridized carbons (Fsp3) is 0.0400. The molecule has 4 rings (SSSR count). The van der Waals surface area contributed by atoms with Crippen LogP contribution in [0.25, 0.3) is 5.76 Å². The minimum Gasteiger partial charge on any atom is -0.507 e. The molecule has 0 radical (unpaired) electrons. The zero-order valence-electron chi connectivity index (χ0n) is 17.4. The Hall–Kier alpha value is -4.92. The van der Waals surface area contributed by atoms with Crippen LogP contribution in [0.15, 0.2) is 78.4 Å².